The number of rotatable bonds is 7. The van der Waals surface area contributed by atoms with Crippen molar-refractivity contribution in [3.63, 3.8) is 0 Å². The fourth-order valence-electron chi connectivity index (χ4n) is 3.50. The van der Waals surface area contributed by atoms with Crippen LogP contribution in [0.15, 0.2) is 36.4 Å². The summed E-state index contributed by atoms with van der Waals surface area (Å²) in [6, 6.07) is 9.88. The first kappa shape index (κ1) is 22.6. The van der Waals surface area contributed by atoms with Crippen LogP contribution in [0.5, 0.6) is 0 Å². The average molecular weight is 401 g/mol. The maximum Gasteiger partial charge on any atom is 0.280 e. The van der Waals surface area contributed by atoms with E-state index in [4.69, 9.17) is 0 Å². The highest BCUT2D eigenvalue weighted by Crippen LogP contribution is 2.21. The third-order valence-electron chi connectivity index (χ3n) is 5.18. The minimum Gasteiger partial charge on any atom is -0.336 e. The Labute approximate surface area is 172 Å². The molecule has 2 amide bonds. The van der Waals surface area contributed by atoms with E-state index in [1.54, 1.807) is 31.0 Å². The van der Waals surface area contributed by atoms with Crippen LogP contribution in [0.2, 0.25) is 0 Å². The summed E-state index contributed by atoms with van der Waals surface area (Å²) in [6.45, 7) is 8.27. The van der Waals surface area contributed by atoms with E-state index in [9.17, 15) is 14.0 Å². The molecule has 29 heavy (non-hydrogen) atoms. The van der Waals surface area contributed by atoms with Crippen molar-refractivity contribution < 1.29 is 18.9 Å². The molecule has 0 aromatic heterocycles. The number of nitrogens with zero attached hydrogens (tertiary/aromatic N) is 1. The van der Waals surface area contributed by atoms with Crippen molar-refractivity contribution in [2.75, 3.05) is 26.0 Å². The highest BCUT2D eigenvalue weighted by Gasteiger charge is 2.27. The van der Waals surface area contributed by atoms with Crippen LogP contribution in [0.3, 0.4) is 0 Å². The van der Waals surface area contributed by atoms with Gasteiger partial charge in [0.25, 0.3) is 11.8 Å². The van der Waals surface area contributed by atoms with Crippen LogP contribution in [-0.2, 0) is 16.1 Å². The van der Waals surface area contributed by atoms with Gasteiger partial charge in [0.15, 0.2) is 12.6 Å². The lowest BCUT2D eigenvalue weighted by molar-refractivity contribution is -0.886. The van der Waals surface area contributed by atoms with Gasteiger partial charge in [-0.1, -0.05) is 29.8 Å². The maximum atomic E-state index is 13.4. The number of hydrogen-bond acceptors (Lipinski definition) is 2. The van der Waals surface area contributed by atoms with Crippen LogP contribution >= 0.6 is 0 Å². The Kier molecular flexibility index (Phi) is 7.51. The van der Waals surface area contributed by atoms with Gasteiger partial charge in [-0.15, -0.1) is 0 Å². The number of amides is 2. The molecule has 0 bridgehead atoms. The standard InChI is InChI=1S/C23H30FN3O2/c1-15-10-16(2)22(17(3)11-15)25-21(28)14-26(5)18(4)23(29)27(6)13-19-8-7-9-20(24)12-19/h7-12,18H,13-14H2,1-6H3,(H,25,28)/p+1/t18-/m0/s1. The molecule has 6 heteroatoms. The summed E-state index contributed by atoms with van der Waals surface area (Å²) in [5.41, 5.74) is 4.76. The number of carbonyl (C=O) groups excluding carboxylic acids is 2. The summed E-state index contributed by atoms with van der Waals surface area (Å²) in [5, 5.41) is 2.98. The monoisotopic (exact) mass is 400 g/mol. The number of nitrogens with one attached hydrogen (secondary N) is 2. The first-order chi connectivity index (χ1) is 13.6. The van der Waals surface area contributed by atoms with Gasteiger partial charge >= 0.3 is 0 Å². The smallest absolute Gasteiger partial charge is 0.280 e. The molecule has 0 saturated carbocycles. The second kappa shape index (κ2) is 9.65. The highest BCUT2D eigenvalue weighted by molar-refractivity contribution is 5.93. The second-order valence-electron chi connectivity index (χ2n) is 7.89. The number of hydrogen-bond donors (Lipinski definition) is 2. The summed E-state index contributed by atoms with van der Waals surface area (Å²) >= 11 is 0. The Hall–Kier alpha value is -2.73. The third-order valence-corrected chi connectivity index (χ3v) is 5.18. The summed E-state index contributed by atoms with van der Waals surface area (Å²) in [7, 11) is 3.52. The van der Waals surface area contributed by atoms with Gasteiger partial charge in [0.2, 0.25) is 0 Å². The molecule has 0 fully saturated rings. The molecule has 0 radical (unpaired) electrons. The first-order valence-corrected chi connectivity index (χ1v) is 9.78. The minimum atomic E-state index is -0.403. The Morgan fingerprint density at radius 2 is 1.76 bits per heavy atom. The number of benzene rings is 2. The van der Waals surface area contributed by atoms with Crippen LogP contribution in [0.4, 0.5) is 10.1 Å². The molecule has 0 spiro atoms. The zero-order chi connectivity index (χ0) is 21.7. The van der Waals surface area contributed by atoms with E-state index in [1.165, 1.54) is 12.1 Å². The highest BCUT2D eigenvalue weighted by atomic mass is 19.1. The van der Waals surface area contributed by atoms with E-state index >= 15 is 0 Å². The van der Waals surface area contributed by atoms with Crippen molar-refractivity contribution in [3.05, 3.63) is 64.5 Å². The second-order valence-corrected chi connectivity index (χ2v) is 7.89. The molecule has 2 aromatic carbocycles. The zero-order valence-electron chi connectivity index (χ0n) is 18.1. The summed E-state index contributed by atoms with van der Waals surface area (Å²) in [6.07, 6.45) is 0. The van der Waals surface area contributed by atoms with Gasteiger partial charge in [0.1, 0.15) is 5.82 Å². The van der Waals surface area contributed by atoms with Gasteiger partial charge in [-0.05, 0) is 56.5 Å². The molecule has 0 heterocycles. The van der Waals surface area contributed by atoms with Crippen LogP contribution < -0.4 is 10.2 Å². The quantitative estimate of drug-likeness (QED) is 0.749. The SMILES string of the molecule is Cc1cc(C)c(NC(=O)C[NH+](C)[C@@H](C)C(=O)N(C)Cc2cccc(F)c2)c(C)c1. The van der Waals surface area contributed by atoms with Crippen molar-refractivity contribution in [3.8, 4) is 0 Å². The third kappa shape index (κ3) is 6.12. The number of anilines is 1. The van der Waals surface area contributed by atoms with Crippen molar-refractivity contribution in [2.45, 2.75) is 40.3 Å². The van der Waals surface area contributed by atoms with Gasteiger partial charge in [-0.2, -0.15) is 0 Å². The summed E-state index contributed by atoms with van der Waals surface area (Å²) in [4.78, 5) is 27.6. The van der Waals surface area contributed by atoms with Crippen molar-refractivity contribution in [2.24, 2.45) is 0 Å². The van der Waals surface area contributed by atoms with Crippen LogP contribution in [-0.4, -0.2) is 43.4 Å². The predicted octanol–water partition coefficient (Wildman–Crippen LogP) is 2.25. The average Bonchev–Trinajstić information content (AvgIpc) is 2.63. The lowest BCUT2D eigenvalue weighted by Gasteiger charge is -2.25. The molecule has 0 aliphatic carbocycles. The predicted molar refractivity (Wildman–Crippen MR) is 113 cm³/mol. The van der Waals surface area contributed by atoms with Crippen molar-refractivity contribution >= 4 is 17.5 Å². The van der Waals surface area contributed by atoms with Crippen molar-refractivity contribution in [1.29, 1.82) is 0 Å². The van der Waals surface area contributed by atoms with E-state index in [-0.39, 0.29) is 24.2 Å². The molecule has 2 rings (SSSR count). The zero-order valence-corrected chi connectivity index (χ0v) is 18.1. The molecule has 1 unspecified atom stereocenters. The number of likely N-dealkylation sites (N-methyl/N-ethyl adjacent to an activating group) is 2. The Morgan fingerprint density at radius 1 is 1.14 bits per heavy atom. The lowest BCUT2D eigenvalue weighted by Crippen LogP contribution is -3.15. The fraction of sp³-hybridized carbons (Fsp3) is 0.391. The van der Waals surface area contributed by atoms with E-state index in [1.807, 2.05) is 40.0 Å². The fourth-order valence-corrected chi connectivity index (χ4v) is 3.50. The van der Waals surface area contributed by atoms with Gasteiger partial charge < -0.3 is 15.1 Å². The van der Waals surface area contributed by atoms with Gasteiger partial charge in [0, 0.05) is 19.3 Å². The molecule has 2 aromatic rings. The van der Waals surface area contributed by atoms with Crippen LogP contribution in [0.1, 0.15) is 29.2 Å². The molecular weight excluding hydrogens is 369 g/mol. The Bertz CT molecular complexity index is 874. The number of aryl methyl sites for hydroxylation is 3. The molecule has 2 N–H and O–H groups in total. The lowest BCUT2D eigenvalue weighted by atomic mass is 10.1. The molecule has 0 aliphatic heterocycles. The molecule has 5 nitrogen and oxygen atoms in total. The number of quaternary nitrogens is 1. The Morgan fingerprint density at radius 3 is 2.34 bits per heavy atom. The normalized spacial score (nSPS) is 12.9. The van der Waals surface area contributed by atoms with E-state index in [0.717, 1.165) is 32.8 Å². The number of halogens is 1. The van der Waals surface area contributed by atoms with Gasteiger partial charge in [-0.25, -0.2) is 4.39 Å². The van der Waals surface area contributed by atoms with Crippen molar-refractivity contribution in [1.82, 2.24) is 4.90 Å². The van der Waals surface area contributed by atoms with E-state index in [2.05, 4.69) is 5.32 Å². The maximum absolute atomic E-state index is 13.4. The molecule has 156 valence electrons. The summed E-state index contributed by atoms with van der Waals surface area (Å²) in [5.74, 6) is -0.551. The van der Waals surface area contributed by atoms with Crippen LogP contribution in [0, 0.1) is 26.6 Å². The molecule has 0 aliphatic rings. The van der Waals surface area contributed by atoms with E-state index < -0.39 is 6.04 Å². The molecular formula is C23H31FN3O2+. The largest absolute Gasteiger partial charge is 0.336 e. The Balaban J connectivity index is 1.96. The minimum absolute atomic E-state index is 0.0951. The molecule has 2 atom stereocenters. The van der Waals surface area contributed by atoms with E-state index in [0.29, 0.717) is 6.54 Å². The van der Waals surface area contributed by atoms with Gasteiger partial charge in [-0.3, -0.25) is 9.59 Å². The molecule has 0 saturated heterocycles. The first-order valence-electron chi connectivity index (χ1n) is 9.78. The van der Waals surface area contributed by atoms with Crippen LogP contribution in [0.25, 0.3) is 0 Å². The topological polar surface area (TPSA) is 53.9 Å². The van der Waals surface area contributed by atoms with Gasteiger partial charge in [0.05, 0.1) is 7.05 Å². The summed E-state index contributed by atoms with van der Waals surface area (Å²) < 4.78 is 13.4. The number of carbonyl (C=O) groups is 2.